The van der Waals surface area contributed by atoms with E-state index in [1.54, 1.807) is 11.3 Å². The van der Waals surface area contributed by atoms with E-state index in [1.165, 1.54) is 43.4 Å². The van der Waals surface area contributed by atoms with Crippen LogP contribution in [0.4, 0.5) is 0 Å². The number of halogens is 1. The minimum atomic E-state index is 0.210. The first-order valence-corrected chi connectivity index (χ1v) is 8.41. The van der Waals surface area contributed by atoms with Crippen LogP contribution in [0.1, 0.15) is 49.8 Å². The summed E-state index contributed by atoms with van der Waals surface area (Å²) in [6, 6.07) is 2.03. The molecule has 1 aliphatic rings. The third kappa shape index (κ3) is 4.39. The highest BCUT2D eigenvalue weighted by atomic mass is 79.9. The van der Waals surface area contributed by atoms with E-state index in [9.17, 15) is 4.79 Å². The van der Waals surface area contributed by atoms with Crippen LogP contribution in [0, 0.1) is 5.92 Å². The summed E-state index contributed by atoms with van der Waals surface area (Å²) in [7, 11) is 0. The second-order valence-electron chi connectivity index (χ2n) is 5.03. The SMILES string of the molecule is O=C(CC1CCCCCC1)NCc1sccc1Br. The average molecular weight is 330 g/mol. The summed E-state index contributed by atoms with van der Waals surface area (Å²) in [5.41, 5.74) is 0. The van der Waals surface area contributed by atoms with E-state index in [2.05, 4.69) is 21.2 Å². The van der Waals surface area contributed by atoms with Gasteiger partial charge in [0, 0.05) is 15.8 Å². The zero-order chi connectivity index (χ0) is 12.8. The highest BCUT2D eigenvalue weighted by Crippen LogP contribution is 2.26. The van der Waals surface area contributed by atoms with Gasteiger partial charge in [-0.2, -0.15) is 0 Å². The summed E-state index contributed by atoms with van der Waals surface area (Å²) in [6.07, 6.45) is 8.47. The van der Waals surface area contributed by atoms with Crippen molar-refractivity contribution in [3.8, 4) is 0 Å². The Balaban J connectivity index is 1.73. The van der Waals surface area contributed by atoms with Gasteiger partial charge in [0.15, 0.2) is 0 Å². The van der Waals surface area contributed by atoms with Gasteiger partial charge in [0.25, 0.3) is 0 Å². The van der Waals surface area contributed by atoms with Gasteiger partial charge in [0.1, 0.15) is 0 Å². The Morgan fingerprint density at radius 2 is 2.06 bits per heavy atom. The molecule has 1 aliphatic carbocycles. The van der Waals surface area contributed by atoms with Crippen LogP contribution in [-0.2, 0) is 11.3 Å². The van der Waals surface area contributed by atoms with Crippen molar-refractivity contribution in [3.05, 3.63) is 20.8 Å². The van der Waals surface area contributed by atoms with Crippen LogP contribution in [-0.4, -0.2) is 5.91 Å². The molecule has 1 saturated carbocycles. The molecule has 0 atom stereocenters. The fourth-order valence-electron chi connectivity index (χ4n) is 2.53. The minimum Gasteiger partial charge on any atom is -0.351 e. The molecule has 0 aliphatic heterocycles. The maximum absolute atomic E-state index is 11.9. The van der Waals surface area contributed by atoms with E-state index in [0.29, 0.717) is 18.9 Å². The van der Waals surface area contributed by atoms with Crippen molar-refractivity contribution in [2.45, 2.75) is 51.5 Å². The molecule has 100 valence electrons. The summed E-state index contributed by atoms with van der Waals surface area (Å²) in [5, 5.41) is 5.07. The lowest BCUT2D eigenvalue weighted by Crippen LogP contribution is -2.24. The average Bonchev–Trinajstić information content (AvgIpc) is 2.61. The van der Waals surface area contributed by atoms with Crippen molar-refractivity contribution in [1.29, 1.82) is 0 Å². The molecule has 1 fully saturated rings. The standard InChI is InChI=1S/C14H20BrNOS/c15-12-7-8-18-13(12)10-16-14(17)9-11-5-3-1-2-4-6-11/h7-8,11H,1-6,9-10H2,(H,16,17). The van der Waals surface area contributed by atoms with Crippen LogP contribution in [0.15, 0.2) is 15.9 Å². The monoisotopic (exact) mass is 329 g/mol. The van der Waals surface area contributed by atoms with Crippen LogP contribution in [0.3, 0.4) is 0 Å². The van der Waals surface area contributed by atoms with Gasteiger partial charge >= 0.3 is 0 Å². The Bertz CT molecular complexity index is 383. The van der Waals surface area contributed by atoms with E-state index in [-0.39, 0.29) is 5.91 Å². The lowest BCUT2D eigenvalue weighted by molar-refractivity contribution is -0.122. The predicted molar refractivity (Wildman–Crippen MR) is 79.7 cm³/mol. The van der Waals surface area contributed by atoms with Crippen molar-refractivity contribution in [2.24, 2.45) is 5.92 Å². The zero-order valence-electron chi connectivity index (χ0n) is 10.6. The minimum absolute atomic E-state index is 0.210. The maximum atomic E-state index is 11.9. The third-order valence-electron chi connectivity index (χ3n) is 3.59. The van der Waals surface area contributed by atoms with Crippen molar-refractivity contribution in [2.75, 3.05) is 0 Å². The Morgan fingerprint density at radius 1 is 1.33 bits per heavy atom. The first-order valence-electron chi connectivity index (χ1n) is 6.74. The van der Waals surface area contributed by atoms with E-state index < -0.39 is 0 Å². The molecule has 1 N–H and O–H groups in total. The zero-order valence-corrected chi connectivity index (χ0v) is 13.0. The third-order valence-corrected chi connectivity index (χ3v) is 5.51. The van der Waals surface area contributed by atoms with Crippen LogP contribution >= 0.6 is 27.3 Å². The summed E-state index contributed by atoms with van der Waals surface area (Å²) < 4.78 is 1.10. The van der Waals surface area contributed by atoms with E-state index >= 15 is 0 Å². The number of amides is 1. The molecule has 18 heavy (non-hydrogen) atoms. The van der Waals surface area contributed by atoms with Gasteiger partial charge in [0.05, 0.1) is 6.54 Å². The van der Waals surface area contributed by atoms with E-state index in [0.717, 1.165) is 4.47 Å². The van der Waals surface area contributed by atoms with Gasteiger partial charge in [0.2, 0.25) is 5.91 Å². The number of carbonyl (C=O) groups is 1. The molecule has 2 nitrogen and oxygen atoms in total. The second-order valence-corrected chi connectivity index (χ2v) is 6.89. The number of hydrogen-bond acceptors (Lipinski definition) is 2. The Labute approximate surface area is 121 Å². The summed E-state index contributed by atoms with van der Waals surface area (Å²) in [6.45, 7) is 0.657. The Kier molecular flexibility index (Phi) is 5.70. The molecule has 0 spiro atoms. The molecule has 0 radical (unpaired) electrons. The molecule has 1 heterocycles. The number of nitrogens with one attached hydrogen (secondary N) is 1. The molecule has 2 rings (SSSR count). The number of thiophene rings is 1. The van der Waals surface area contributed by atoms with Crippen molar-refractivity contribution < 1.29 is 4.79 Å². The molecule has 1 aromatic rings. The molecule has 0 aromatic carbocycles. The predicted octanol–water partition coefficient (Wildman–Crippen LogP) is 4.49. The van der Waals surface area contributed by atoms with Gasteiger partial charge < -0.3 is 5.32 Å². The Hall–Kier alpha value is -0.350. The summed E-state index contributed by atoms with van der Waals surface area (Å²) in [5.74, 6) is 0.821. The fraction of sp³-hybridized carbons (Fsp3) is 0.643. The van der Waals surface area contributed by atoms with Gasteiger partial charge in [-0.05, 0) is 46.1 Å². The number of hydrogen-bond donors (Lipinski definition) is 1. The van der Waals surface area contributed by atoms with Gasteiger partial charge in [-0.15, -0.1) is 11.3 Å². The largest absolute Gasteiger partial charge is 0.351 e. The van der Waals surface area contributed by atoms with Gasteiger partial charge in [-0.1, -0.05) is 25.7 Å². The van der Waals surface area contributed by atoms with Crippen LogP contribution in [0.2, 0.25) is 0 Å². The smallest absolute Gasteiger partial charge is 0.220 e. The Morgan fingerprint density at radius 3 is 2.67 bits per heavy atom. The quantitative estimate of drug-likeness (QED) is 0.810. The fourth-order valence-corrected chi connectivity index (χ4v) is 3.96. The molecule has 0 saturated heterocycles. The number of carbonyl (C=O) groups excluding carboxylic acids is 1. The first kappa shape index (κ1) is 14.1. The first-order chi connectivity index (χ1) is 8.75. The molecule has 0 bridgehead atoms. The van der Waals surface area contributed by atoms with Gasteiger partial charge in [-0.3, -0.25) is 4.79 Å². The highest BCUT2D eigenvalue weighted by molar-refractivity contribution is 9.10. The maximum Gasteiger partial charge on any atom is 0.220 e. The highest BCUT2D eigenvalue weighted by Gasteiger charge is 2.16. The second kappa shape index (κ2) is 7.29. The summed E-state index contributed by atoms with van der Waals surface area (Å²) in [4.78, 5) is 13.1. The topological polar surface area (TPSA) is 29.1 Å². The van der Waals surface area contributed by atoms with E-state index in [1.807, 2.05) is 11.4 Å². The lowest BCUT2D eigenvalue weighted by Gasteiger charge is -2.13. The van der Waals surface area contributed by atoms with Crippen molar-refractivity contribution >= 4 is 33.2 Å². The molecule has 4 heteroatoms. The van der Waals surface area contributed by atoms with Crippen LogP contribution < -0.4 is 5.32 Å². The molecule has 0 unspecified atom stereocenters. The summed E-state index contributed by atoms with van der Waals surface area (Å²) >= 11 is 5.16. The normalized spacial score (nSPS) is 17.4. The lowest BCUT2D eigenvalue weighted by atomic mass is 9.96. The molecular formula is C14H20BrNOS. The molecule has 1 aromatic heterocycles. The number of rotatable bonds is 4. The molecule has 1 amide bonds. The van der Waals surface area contributed by atoms with Gasteiger partial charge in [-0.25, -0.2) is 0 Å². The van der Waals surface area contributed by atoms with Crippen LogP contribution in [0.5, 0.6) is 0 Å². The van der Waals surface area contributed by atoms with Crippen molar-refractivity contribution in [3.63, 3.8) is 0 Å². The van der Waals surface area contributed by atoms with Crippen LogP contribution in [0.25, 0.3) is 0 Å². The molecular weight excluding hydrogens is 310 g/mol. The van der Waals surface area contributed by atoms with Crippen molar-refractivity contribution in [1.82, 2.24) is 5.32 Å². The van der Waals surface area contributed by atoms with E-state index in [4.69, 9.17) is 0 Å².